The third kappa shape index (κ3) is 3.29. The van der Waals surface area contributed by atoms with E-state index in [9.17, 15) is 13.6 Å². The molecule has 0 bridgehead atoms. The van der Waals surface area contributed by atoms with E-state index >= 15 is 0 Å². The van der Waals surface area contributed by atoms with Crippen molar-refractivity contribution in [3.05, 3.63) is 29.3 Å². The lowest BCUT2D eigenvalue weighted by molar-refractivity contribution is -0.116. The van der Waals surface area contributed by atoms with Gasteiger partial charge in [0, 0.05) is 11.6 Å². The van der Waals surface area contributed by atoms with Crippen LogP contribution in [0.3, 0.4) is 0 Å². The predicted molar refractivity (Wildman–Crippen MR) is 81.0 cm³/mol. The average molecular weight is 313 g/mol. The number of amides is 1. The van der Waals surface area contributed by atoms with E-state index in [0.29, 0.717) is 0 Å². The maximum absolute atomic E-state index is 14.3. The van der Waals surface area contributed by atoms with Crippen LogP contribution >= 0.6 is 12.2 Å². The second-order valence-corrected chi connectivity index (χ2v) is 5.60. The highest BCUT2D eigenvalue weighted by atomic mass is 32.1. The molecule has 0 unspecified atom stereocenters. The Morgan fingerprint density at radius 2 is 1.86 bits per heavy atom. The van der Waals surface area contributed by atoms with E-state index in [1.807, 2.05) is 0 Å². The van der Waals surface area contributed by atoms with Crippen molar-refractivity contribution in [2.45, 2.75) is 31.7 Å². The fourth-order valence-electron chi connectivity index (χ4n) is 2.75. The van der Waals surface area contributed by atoms with Crippen molar-refractivity contribution in [1.29, 1.82) is 0 Å². The molecule has 0 spiro atoms. The molecule has 4 N–H and O–H groups in total. The molecule has 1 aromatic rings. The van der Waals surface area contributed by atoms with E-state index < -0.39 is 17.5 Å². The minimum atomic E-state index is -1.09. The largest absolute Gasteiger partial charge is 0.389 e. The molecule has 0 aromatic heterocycles. The molecule has 1 aliphatic carbocycles. The van der Waals surface area contributed by atoms with Crippen molar-refractivity contribution in [2.24, 2.45) is 11.5 Å². The number of thiocarbonyl (C=S) groups is 1. The van der Waals surface area contributed by atoms with Gasteiger partial charge in [-0.3, -0.25) is 4.79 Å². The predicted octanol–water partition coefficient (Wildman–Crippen LogP) is 1.83. The van der Waals surface area contributed by atoms with Crippen LogP contribution in [0.5, 0.6) is 0 Å². The molecule has 4 nitrogen and oxygen atoms in total. The molecule has 0 heterocycles. The maximum Gasteiger partial charge on any atom is 0.236 e. The van der Waals surface area contributed by atoms with Gasteiger partial charge in [-0.1, -0.05) is 25.1 Å². The fraction of sp³-hybridized carbons (Fsp3) is 0.429. The van der Waals surface area contributed by atoms with Gasteiger partial charge in [-0.15, -0.1) is 0 Å². The molecule has 7 heteroatoms. The summed E-state index contributed by atoms with van der Waals surface area (Å²) in [5.74, 6) is -2.72. The van der Waals surface area contributed by atoms with Crippen LogP contribution < -0.4 is 16.4 Å². The molecule has 2 rings (SSSR count). The van der Waals surface area contributed by atoms with Crippen LogP contribution in [0.4, 0.5) is 14.5 Å². The number of anilines is 1. The number of carbonyl (C=O) groups is 1. The van der Waals surface area contributed by atoms with Crippen LogP contribution in [0, 0.1) is 11.6 Å². The number of nitrogens with zero attached hydrogens (tertiary/aromatic N) is 1. The Balaban J connectivity index is 2.42. The Morgan fingerprint density at radius 1 is 1.24 bits per heavy atom. The first-order valence-corrected chi connectivity index (χ1v) is 7.15. The summed E-state index contributed by atoms with van der Waals surface area (Å²) in [4.78, 5) is 12.6. The minimum absolute atomic E-state index is 0.0120. The van der Waals surface area contributed by atoms with Crippen molar-refractivity contribution in [2.75, 3.05) is 11.4 Å². The number of benzene rings is 1. The Bertz CT molecular complexity index is 574. The van der Waals surface area contributed by atoms with Gasteiger partial charge in [0.2, 0.25) is 5.91 Å². The number of rotatable bonds is 5. The molecule has 1 saturated carbocycles. The van der Waals surface area contributed by atoms with Crippen LogP contribution in [-0.2, 0) is 4.79 Å². The highest BCUT2D eigenvalue weighted by Gasteiger charge is 2.28. The van der Waals surface area contributed by atoms with Crippen LogP contribution in [0.2, 0.25) is 0 Å². The molecule has 1 aliphatic rings. The summed E-state index contributed by atoms with van der Waals surface area (Å²) < 4.78 is 28.3. The molecule has 1 amide bonds. The van der Waals surface area contributed by atoms with Crippen LogP contribution in [-0.4, -0.2) is 23.5 Å². The minimum Gasteiger partial charge on any atom is -0.389 e. The van der Waals surface area contributed by atoms with Crippen molar-refractivity contribution < 1.29 is 13.6 Å². The SMILES string of the molecule is NC(=O)CN(c1ccc(C(N)=S)c(F)c1F)C1CCCC1. The van der Waals surface area contributed by atoms with Crippen LogP contribution in [0.25, 0.3) is 0 Å². The summed E-state index contributed by atoms with van der Waals surface area (Å²) in [7, 11) is 0. The average Bonchev–Trinajstić information content (AvgIpc) is 2.92. The fourth-order valence-corrected chi connectivity index (χ4v) is 2.90. The highest BCUT2D eigenvalue weighted by molar-refractivity contribution is 7.80. The van der Waals surface area contributed by atoms with Gasteiger partial charge in [0.05, 0.1) is 12.2 Å². The lowest BCUT2D eigenvalue weighted by Crippen LogP contribution is -2.41. The van der Waals surface area contributed by atoms with Gasteiger partial charge >= 0.3 is 0 Å². The topological polar surface area (TPSA) is 72.4 Å². The zero-order valence-electron chi connectivity index (χ0n) is 11.4. The van der Waals surface area contributed by atoms with Crippen LogP contribution in [0.15, 0.2) is 12.1 Å². The molecular weight excluding hydrogens is 296 g/mol. The number of halogens is 2. The van der Waals surface area contributed by atoms with E-state index in [0.717, 1.165) is 25.7 Å². The third-order valence-corrected chi connectivity index (χ3v) is 3.95. The van der Waals surface area contributed by atoms with Gasteiger partial charge in [0.1, 0.15) is 4.99 Å². The van der Waals surface area contributed by atoms with E-state index in [2.05, 4.69) is 12.2 Å². The number of hydrogen-bond donors (Lipinski definition) is 2. The number of carbonyl (C=O) groups excluding carboxylic acids is 1. The van der Waals surface area contributed by atoms with Gasteiger partial charge in [0.15, 0.2) is 11.6 Å². The zero-order valence-corrected chi connectivity index (χ0v) is 12.3. The number of nitrogens with two attached hydrogens (primary N) is 2. The summed E-state index contributed by atoms with van der Waals surface area (Å²) >= 11 is 4.68. The van der Waals surface area contributed by atoms with Crippen molar-refractivity contribution >= 4 is 28.8 Å². The lowest BCUT2D eigenvalue weighted by atomic mass is 10.1. The smallest absolute Gasteiger partial charge is 0.236 e. The molecule has 0 saturated heterocycles. The van der Waals surface area contributed by atoms with Gasteiger partial charge in [-0.25, -0.2) is 8.78 Å². The summed E-state index contributed by atoms with van der Waals surface area (Å²) in [6.45, 7) is -0.145. The second-order valence-electron chi connectivity index (χ2n) is 5.16. The van der Waals surface area contributed by atoms with Crippen molar-refractivity contribution in [3.63, 3.8) is 0 Å². The molecular formula is C14H17F2N3OS. The molecule has 0 radical (unpaired) electrons. The van der Waals surface area contributed by atoms with Gasteiger partial charge in [0.25, 0.3) is 0 Å². The van der Waals surface area contributed by atoms with E-state index in [4.69, 9.17) is 11.5 Å². The van der Waals surface area contributed by atoms with E-state index in [1.165, 1.54) is 17.0 Å². The van der Waals surface area contributed by atoms with Gasteiger partial charge in [-0.05, 0) is 25.0 Å². The van der Waals surface area contributed by atoms with Crippen molar-refractivity contribution in [3.8, 4) is 0 Å². The van der Waals surface area contributed by atoms with E-state index in [1.54, 1.807) is 0 Å². The number of hydrogen-bond acceptors (Lipinski definition) is 3. The van der Waals surface area contributed by atoms with Gasteiger partial charge in [-0.2, -0.15) is 0 Å². The normalized spacial score (nSPS) is 15.1. The first-order valence-electron chi connectivity index (χ1n) is 6.74. The standard InChI is InChI=1S/C14H17F2N3OS/c15-12-9(14(18)21)5-6-10(13(12)16)19(7-11(17)20)8-3-1-2-4-8/h5-6,8H,1-4,7H2,(H2,17,20)(H2,18,21). The first kappa shape index (κ1) is 15.6. The lowest BCUT2D eigenvalue weighted by Gasteiger charge is -2.30. The van der Waals surface area contributed by atoms with Gasteiger partial charge < -0.3 is 16.4 Å². The molecule has 21 heavy (non-hydrogen) atoms. The summed E-state index contributed by atoms with van der Waals surface area (Å²) in [6, 6.07) is 2.72. The third-order valence-electron chi connectivity index (χ3n) is 3.73. The second kappa shape index (κ2) is 6.34. The maximum atomic E-state index is 14.3. The molecule has 0 aliphatic heterocycles. The summed E-state index contributed by atoms with van der Waals surface area (Å²) in [6.07, 6.45) is 3.64. The molecule has 1 fully saturated rings. The number of primary amides is 1. The van der Waals surface area contributed by atoms with Crippen LogP contribution in [0.1, 0.15) is 31.2 Å². The first-order chi connectivity index (χ1) is 9.91. The monoisotopic (exact) mass is 313 g/mol. The highest BCUT2D eigenvalue weighted by Crippen LogP contribution is 2.31. The zero-order chi connectivity index (χ0) is 15.6. The quantitative estimate of drug-likeness (QED) is 0.814. The Hall–Kier alpha value is -1.76. The molecule has 0 atom stereocenters. The molecule has 1 aromatic carbocycles. The Kier molecular flexibility index (Phi) is 4.72. The Labute approximate surface area is 127 Å². The Morgan fingerprint density at radius 3 is 2.38 bits per heavy atom. The van der Waals surface area contributed by atoms with Crippen molar-refractivity contribution in [1.82, 2.24) is 0 Å². The summed E-state index contributed by atoms with van der Waals surface area (Å²) in [5.41, 5.74) is 10.5. The van der Waals surface area contributed by atoms with E-state index in [-0.39, 0.29) is 28.8 Å². The molecule has 114 valence electrons. The summed E-state index contributed by atoms with van der Waals surface area (Å²) in [5, 5.41) is 0.